The molecule has 3 heterocycles. The highest BCUT2D eigenvalue weighted by Crippen LogP contribution is 2.40. The highest BCUT2D eigenvalue weighted by Gasteiger charge is 2.28. The van der Waals surface area contributed by atoms with Gasteiger partial charge in [0.2, 0.25) is 0 Å². The molecule has 36 heavy (non-hydrogen) atoms. The maximum absolute atomic E-state index is 15.4. The van der Waals surface area contributed by atoms with Gasteiger partial charge in [0.1, 0.15) is 5.65 Å². The summed E-state index contributed by atoms with van der Waals surface area (Å²) in [5, 5.41) is 0.575. The van der Waals surface area contributed by atoms with Gasteiger partial charge in [-0.05, 0) is 60.9 Å². The molecule has 6 rings (SSSR count). The number of hydrogen-bond acceptors (Lipinski definition) is 4. The van der Waals surface area contributed by atoms with Gasteiger partial charge in [0.15, 0.2) is 11.6 Å². The number of fused-ring (bicyclic) bond motifs is 1. The minimum absolute atomic E-state index is 0.211. The third kappa shape index (κ3) is 4.18. The topological polar surface area (TPSA) is 95.2 Å². The van der Waals surface area contributed by atoms with Gasteiger partial charge >= 0.3 is 10.2 Å². The fourth-order valence-corrected chi connectivity index (χ4v) is 6.08. The molecule has 0 bridgehead atoms. The van der Waals surface area contributed by atoms with E-state index in [0.29, 0.717) is 30.0 Å². The number of pyridine rings is 1. The highest BCUT2D eigenvalue weighted by molar-refractivity contribution is 7.90. The van der Waals surface area contributed by atoms with Gasteiger partial charge in [-0.1, -0.05) is 30.3 Å². The number of hydrogen-bond donors (Lipinski definition) is 2. The first kappa shape index (κ1) is 22.9. The summed E-state index contributed by atoms with van der Waals surface area (Å²) in [7, 11) is -3.89. The van der Waals surface area contributed by atoms with E-state index in [2.05, 4.69) is 39.0 Å². The number of halogens is 1. The molecule has 0 radical (unpaired) electrons. The average Bonchev–Trinajstić information content (AvgIpc) is 3.39. The van der Waals surface area contributed by atoms with Crippen LogP contribution in [0.3, 0.4) is 0 Å². The second kappa shape index (κ2) is 8.83. The number of carbonyl (C=O) groups is 1. The Balaban J connectivity index is 1.32. The molecule has 0 amide bonds. The minimum atomic E-state index is -3.89. The van der Waals surface area contributed by atoms with Gasteiger partial charge in [-0.2, -0.15) is 12.7 Å². The summed E-state index contributed by atoms with van der Waals surface area (Å²) >= 11 is 0. The normalized spacial score (nSPS) is 16.5. The monoisotopic (exact) mass is 504 g/mol. The van der Waals surface area contributed by atoms with Crippen LogP contribution in [0.4, 0.5) is 10.1 Å². The predicted molar refractivity (Wildman–Crippen MR) is 137 cm³/mol. The Morgan fingerprint density at radius 1 is 1.03 bits per heavy atom. The molecule has 0 spiro atoms. The molecule has 4 aromatic rings. The van der Waals surface area contributed by atoms with Gasteiger partial charge in [0.05, 0.1) is 11.3 Å². The molecular formula is C27H25FN4O3S. The van der Waals surface area contributed by atoms with Crippen molar-refractivity contribution in [1.29, 1.82) is 0 Å². The van der Waals surface area contributed by atoms with Crippen LogP contribution in [0.5, 0.6) is 0 Å². The average molecular weight is 505 g/mol. The largest absolute Gasteiger partial charge is 0.345 e. The van der Waals surface area contributed by atoms with Crippen molar-refractivity contribution in [3.05, 3.63) is 83.4 Å². The number of aromatic nitrogens is 2. The number of carbonyl (C=O) groups excluding carboxylic acids is 1. The first-order valence-electron chi connectivity index (χ1n) is 12.1. The van der Waals surface area contributed by atoms with Crippen LogP contribution in [0.2, 0.25) is 0 Å². The lowest BCUT2D eigenvalue weighted by molar-refractivity contribution is 0.103. The minimum Gasteiger partial charge on any atom is -0.345 e. The van der Waals surface area contributed by atoms with Gasteiger partial charge in [0.25, 0.3) is 0 Å². The van der Waals surface area contributed by atoms with Crippen molar-refractivity contribution in [3.63, 3.8) is 0 Å². The number of benzene rings is 2. The number of anilines is 1. The Morgan fingerprint density at radius 3 is 2.50 bits per heavy atom. The Labute approximate surface area is 208 Å². The van der Waals surface area contributed by atoms with Crippen LogP contribution < -0.4 is 4.72 Å². The molecule has 2 aliphatic rings. The molecule has 1 aliphatic carbocycles. The third-order valence-electron chi connectivity index (χ3n) is 6.96. The number of ketones is 1. The summed E-state index contributed by atoms with van der Waals surface area (Å²) in [4.78, 5) is 20.9. The van der Waals surface area contributed by atoms with Crippen LogP contribution in [-0.4, -0.2) is 41.6 Å². The lowest BCUT2D eigenvalue weighted by atomic mass is 9.99. The van der Waals surface area contributed by atoms with E-state index in [1.807, 2.05) is 6.07 Å². The molecule has 2 fully saturated rings. The van der Waals surface area contributed by atoms with Crippen molar-refractivity contribution >= 4 is 32.7 Å². The first-order valence-corrected chi connectivity index (χ1v) is 13.5. The summed E-state index contributed by atoms with van der Waals surface area (Å²) in [6, 6.07) is 14.4. The maximum Gasteiger partial charge on any atom is 0.301 e. The summed E-state index contributed by atoms with van der Waals surface area (Å²) in [6.07, 6.45) is 7.26. The summed E-state index contributed by atoms with van der Waals surface area (Å²) in [5.74, 6) is -0.789. The fraction of sp³-hybridized carbons (Fsp3) is 0.259. The molecule has 2 aromatic carbocycles. The Bertz CT molecular complexity index is 1570. The second-order valence-corrected chi connectivity index (χ2v) is 11.1. The van der Waals surface area contributed by atoms with Crippen LogP contribution in [0.25, 0.3) is 22.2 Å². The molecule has 0 unspecified atom stereocenters. The standard InChI is InChI=1S/C27H25FN4O3S/c28-25-21(4-3-5-24(25)31-36(34,35)32-12-1-2-13-32)26(33)23-16-30-27-22(23)14-20(15-29-27)19-10-8-18(9-11-19)17-6-7-17/h3-5,8-11,14-17,31H,1-2,6-7,12-13H2,(H,29,30). The molecule has 1 saturated heterocycles. The van der Waals surface area contributed by atoms with E-state index in [1.54, 1.807) is 6.20 Å². The van der Waals surface area contributed by atoms with Crippen molar-refractivity contribution in [2.24, 2.45) is 0 Å². The molecule has 1 saturated carbocycles. The SMILES string of the molecule is O=C(c1cccc(NS(=O)(=O)N2CCCC2)c1F)c1c[nH]c2ncc(-c3ccc(C4CC4)cc3)cc12. The Hall–Kier alpha value is -3.56. The van der Waals surface area contributed by atoms with Crippen molar-refractivity contribution in [2.45, 2.75) is 31.6 Å². The van der Waals surface area contributed by atoms with Crippen molar-refractivity contribution < 1.29 is 17.6 Å². The smallest absolute Gasteiger partial charge is 0.301 e. The number of aromatic amines is 1. The van der Waals surface area contributed by atoms with E-state index in [9.17, 15) is 13.2 Å². The highest BCUT2D eigenvalue weighted by atomic mass is 32.2. The van der Waals surface area contributed by atoms with E-state index in [4.69, 9.17) is 0 Å². The quantitative estimate of drug-likeness (QED) is 0.337. The molecule has 2 N–H and O–H groups in total. The molecule has 9 heteroatoms. The maximum atomic E-state index is 15.4. The van der Waals surface area contributed by atoms with Gasteiger partial charge in [-0.3, -0.25) is 9.52 Å². The van der Waals surface area contributed by atoms with Crippen LogP contribution in [0, 0.1) is 5.82 Å². The first-order chi connectivity index (χ1) is 17.4. The summed E-state index contributed by atoms with van der Waals surface area (Å²) in [5.41, 5.74) is 3.50. The molecule has 2 aromatic heterocycles. The predicted octanol–water partition coefficient (Wildman–Crippen LogP) is 5.23. The van der Waals surface area contributed by atoms with E-state index < -0.39 is 21.8 Å². The van der Waals surface area contributed by atoms with E-state index in [0.717, 1.165) is 24.0 Å². The molecule has 184 valence electrons. The zero-order valence-corrected chi connectivity index (χ0v) is 20.3. The summed E-state index contributed by atoms with van der Waals surface area (Å²) < 4.78 is 44.2. The van der Waals surface area contributed by atoms with Crippen molar-refractivity contribution in [3.8, 4) is 11.1 Å². The van der Waals surface area contributed by atoms with Crippen LogP contribution in [-0.2, 0) is 10.2 Å². The fourth-order valence-electron chi connectivity index (χ4n) is 4.78. The second-order valence-electron chi connectivity index (χ2n) is 9.43. The van der Waals surface area contributed by atoms with E-state index in [1.165, 1.54) is 47.1 Å². The third-order valence-corrected chi connectivity index (χ3v) is 8.48. The van der Waals surface area contributed by atoms with Crippen LogP contribution in [0.1, 0.15) is 53.1 Å². The zero-order chi connectivity index (χ0) is 24.9. The van der Waals surface area contributed by atoms with E-state index >= 15 is 4.39 Å². The van der Waals surface area contributed by atoms with Gasteiger partial charge in [-0.25, -0.2) is 9.37 Å². The number of H-pyrrole nitrogens is 1. The molecule has 7 nitrogen and oxygen atoms in total. The van der Waals surface area contributed by atoms with Gasteiger partial charge < -0.3 is 4.98 Å². The van der Waals surface area contributed by atoms with E-state index in [-0.39, 0.29) is 16.8 Å². The zero-order valence-electron chi connectivity index (χ0n) is 19.5. The Kier molecular flexibility index (Phi) is 5.61. The number of rotatable bonds is 7. The van der Waals surface area contributed by atoms with Crippen LogP contribution in [0.15, 0.2) is 60.9 Å². The molecular weight excluding hydrogens is 479 g/mol. The van der Waals surface area contributed by atoms with Crippen molar-refractivity contribution in [2.75, 3.05) is 17.8 Å². The summed E-state index contributed by atoms with van der Waals surface area (Å²) in [6.45, 7) is 0.785. The number of nitrogens with one attached hydrogen (secondary N) is 2. The molecule has 1 aliphatic heterocycles. The van der Waals surface area contributed by atoms with Gasteiger partial charge in [-0.15, -0.1) is 0 Å². The number of nitrogens with zero attached hydrogens (tertiary/aromatic N) is 2. The lowest BCUT2D eigenvalue weighted by Crippen LogP contribution is -2.33. The van der Waals surface area contributed by atoms with Crippen LogP contribution >= 0.6 is 0 Å². The lowest BCUT2D eigenvalue weighted by Gasteiger charge is -2.17. The van der Waals surface area contributed by atoms with Crippen molar-refractivity contribution in [1.82, 2.24) is 14.3 Å². The molecule has 0 atom stereocenters. The Morgan fingerprint density at radius 2 is 1.78 bits per heavy atom. The van der Waals surface area contributed by atoms with Gasteiger partial charge in [0, 0.05) is 42.0 Å².